The van der Waals surface area contributed by atoms with E-state index in [0.717, 1.165) is 17.5 Å². The minimum atomic E-state index is 0.00915. The maximum Gasteiger partial charge on any atom is 0.224 e. The highest BCUT2D eigenvalue weighted by molar-refractivity contribution is 5.81. The van der Waals surface area contributed by atoms with Crippen LogP contribution in [0.3, 0.4) is 0 Å². The second-order valence-corrected chi connectivity index (χ2v) is 6.88. The topological polar surface area (TPSA) is 59.8 Å². The lowest BCUT2D eigenvalue weighted by atomic mass is 9.94. The SMILES string of the molecule is CC1c2ccccc2CC1C(=O)NCc1ccccc1Cn1cncn1. The van der Waals surface area contributed by atoms with Crippen molar-refractivity contribution in [1.82, 2.24) is 20.1 Å². The molecule has 1 aliphatic rings. The van der Waals surface area contributed by atoms with Crippen LogP contribution in [0.15, 0.2) is 61.2 Å². The van der Waals surface area contributed by atoms with Gasteiger partial charge in [-0.15, -0.1) is 0 Å². The third-order valence-corrected chi connectivity index (χ3v) is 5.30. The van der Waals surface area contributed by atoms with Gasteiger partial charge >= 0.3 is 0 Å². The zero-order valence-electron chi connectivity index (χ0n) is 14.8. The molecular formula is C21H22N4O. The van der Waals surface area contributed by atoms with Gasteiger partial charge in [-0.25, -0.2) is 9.67 Å². The molecule has 0 saturated heterocycles. The van der Waals surface area contributed by atoms with Crippen molar-refractivity contribution in [2.75, 3.05) is 0 Å². The smallest absolute Gasteiger partial charge is 0.224 e. The van der Waals surface area contributed by atoms with Gasteiger partial charge in [0.1, 0.15) is 12.7 Å². The van der Waals surface area contributed by atoms with Crippen molar-refractivity contribution >= 4 is 5.91 Å². The third kappa shape index (κ3) is 3.25. The van der Waals surface area contributed by atoms with E-state index < -0.39 is 0 Å². The summed E-state index contributed by atoms with van der Waals surface area (Å²) in [5, 5.41) is 7.30. The van der Waals surface area contributed by atoms with E-state index in [4.69, 9.17) is 0 Å². The third-order valence-electron chi connectivity index (χ3n) is 5.30. The summed E-state index contributed by atoms with van der Waals surface area (Å²) in [5.41, 5.74) is 4.85. The number of carbonyl (C=O) groups is 1. The minimum absolute atomic E-state index is 0.00915. The molecule has 5 nitrogen and oxygen atoms in total. The highest BCUT2D eigenvalue weighted by Crippen LogP contribution is 2.37. The van der Waals surface area contributed by atoms with E-state index in [1.165, 1.54) is 17.5 Å². The summed E-state index contributed by atoms with van der Waals surface area (Å²) >= 11 is 0. The molecule has 2 unspecified atom stereocenters. The van der Waals surface area contributed by atoms with E-state index in [0.29, 0.717) is 13.1 Å². The van der Waals surface area contributed by atoms with Gasteiger partial charge in [0.05, 0.1) is 6.54 Å². The summed E-state index contributed by atoms with van der Waals surface area (Å²) in [6.45, 7) is 3.33. The Bertz CT molecular complexity index is 904. The number of aromatic nitrogens is 3. The molecule has 4 rings (SSSR count). The van der Waals surface area contributed by atoms with Crippen LogP contribution in [0.2, 0.25) is 0 Å². The quantitative estimate of drug-likeness (QED) is 0.773. The highest BCUT2D eigenvalue weighted by Gasteiger charge is 2.33. The molecule has 0 saturated carbocycles. The van der Waals surface area contributed by atoms with Gasteiger partial charge < -0.3 is 5.32 Å². The molecule has 0 bridgehead atoms. The van der Waals surface area contributed by atoms with Gasteiger partial charge in [0, 0.05) is 12.5 Å². The maximum absolute atomic E-state index is 12.8. The number of hydrogen-bond acceptors (Lipinski definition) is 3. The fraction of sp³-hybridized carbons (Fsp3) is 0.286. The van der Waals surface area contributed by atoms with Crippen molar-refractivity contribution in [3.05, 3.63) is 83.4 Å². The van der Waals surface area contributed by atoms with Gasteiger partial charge in [0.25, 0.3) is 0 Å². The van der Waals surface area contributed by atoms with Gasteiger partial charge in [-0.1, -0.05) is 55.5 Å². The summed E-state index contributed by atoms with van der Waals surface area (Å²) in [6.07, 6.45) is 4.06. The average molecular weight is 346 g/mol. The van der Waals surface area contributed by atoms with Crippen LogP contribution >= 0.6 is 0 Å². The number of benzene rings is 2. The Hall–Kier alpha value is -2.95. The summed E-state index contributed by atoms with van der Waals surface area (Å²) < 4.78 is 1.79. The van der Waals surface area contributed by atoms with Gasteiger partial charge in [0.15, 0.2) is 0 Å². The maximum atomic E-state index is 12.8. The largest absolute Gasteiger partial charge is 0.352 e. The lowest BCUT2D eigenvalue weighted by Gasteiger charge is -2.17. The second kappa shape index (κ2) is 7.12. The van der Waals surface area contributed by atoms with Crippen LogP contribution in [0.5, 0.6) is 0 Å². The van der Waals surface area contributed by atoms with Crippen molar-refractivity contribution < 1.29 is 4.79 Å². The monoisotopic (exact) mass is 346 g/mol. The molecule has 1 aliphatic carbocycles. The Kier molecular flexibility index (Phi) is 4.52. The van der Waals surface area contributed by atoms with E-state index in [1.807, 2.05) is 18.2 Å². The van der Waals surface area contributed by atoms with Crippen molar-refractivity contribution in [3.63, 3.8) is 0 Å². The van der Waals surface area contributed by atoms with Crippen molar-refractivity contribution in [3.8, 4) is 0 Å². The highest BCUT2D eigenvalue weighted by atomic mass is 16.1. The van der Waals surface area contributed by atoms with E-state index in [1.54, 1.807) is 11.0 Å². The van der Waals surface area contributed by atoms with Crippen LogP contribution < -0.4 is 5.32 Å². The van der Waals surface area contributed by atoms with Gasteiger partial charge in [-0.3, -0.25) is 4.79 Å². The Balaban J connectivity index is 1.43. The molecule has 3 aromatic rings. The van der Waals surface area contributed by atoms with E-state index in [2.05, 4.69) is 52.7 Å². The van der Waals surface area contributed by atoms with Crippen LogP contribution in [0.1, 0.15) is 35.1 Å². The molecule has 1 N–H and O–H groups in total. The summed E-state index contributed by atoms with van der Waals surface area (Å²) in [5.74, 6) is 0.399. The molecule has 0 radical (unpaired) electrons. The first-order valence-corrected chi connectivity index (χ1v) is 8.97. The number of carbonyl (C=O) groups excluding carboxylic acids is 1. The zero-order chi connectivity index (χ0) is 17.9. The standard InChI is InChI=1S/C21H22N4O/c1-15-19-9-5-4-6-16(19)10-20(15)21(26)23-11-17-7-2-3-8-18(17)12-25-14-22-13-24-25/h2-9,13-15,20H,10-12H2,1H3,(H,23,26). The number of nitrogens with one attached hydrogen (secondary N) is 1. The molecule has 0 spiro atoms. The van der Waals surface area contributed by atoms with Crippen molar-refractivity contribution in [1.29, 1.82) is 0 Å². The normalized spacial score (nSPS) is 18.5. The molecule has 1 heterocycles. The first-order valence-electron chi connectivity index (χ1n) is 8.97. The number of amides is 1. The molecule has 26 heavy (non-hydrogen) atoms. The number of fused-ring (bicyclic) bond motifs is 1. The predicted molar refractivity (Wildman–Crippen MR) is 99.5 cm³/mol. The molecule has 1 aromatic heterocycles. The summed E-state index contributed by atoms with van der Waals surface area (Å²) in [6, 6.07) is 16.5. The second-order valence-electron chi connectivity index (χ2n) is 6.88. The number of hydrogen-bond donors (Lipinski definition) is 1. The Morgan fingerprint density at radius 2 is 1.92 bits per heavy atom. The summed E-state index contributed by atoms with van der Waals surface area (Å²) in [7, 11) is 0. The predicted octanol–water partition coefficient (Wildman–Crippen LogP) is 2.92. The Morgan fingerprint density at radius 1 is 1.15 bits per heavy atom. The molecule has 0 fully saturated rings. The van der Waals surface area contributed by atoms with E-state index in [9.17, 15) is 4.79 Å². The van der Waals surface area contributed by atoms with Crippen molar-refractivity contribution in [2.45, 2.75) is 32.4 Å². The van der Waals surface area contributed by atoms with Crippen LogP contribution in [-0.4, -0.2) is 20.7 Å². The fourth-order valence-corrected chi connectivity index (χ4v) is 3.80. The first kappa shape index (κ1) is 16.5. The molecule has 0 aliphatic heterocycles. The van der Waals surface area contributed by atoms with Gasteiger partial charge in [-0.05, 0) is 34.6 Å². The van der Waals surface area contributed by atoms with Crippen molar-refractivity contribution in [2.24, 2.45) is 5.92 Å². The lowest BCUT2D eigenvalue weighted by Crippen LogP contribution is -2.32. The zero-order valence-corrected chi connectivity index (χ0v) is 14.8. The summed E-state index contributed by atoms with van der Waals surface area (Å²) in [4.78, 5) is 16.8. The number of rotatable bonds is 5. The van der Waals surface area contributed by atoms with Gasteiger partial charge in [0.2, 0.25) is 5.91 Å². The Morgan fingerprint density at radius 3 is 2.69 bits per heavy atom. The molecule has 1 amide bonds. The minimum Gasteiger partial charge on any atom is -0.352 e. The van der Waals surface area contributed by atoms with Crippen LogP contribution in [0.25, 0.3) is 0 Å². The van der Waals surface area contributed by atoms with Crippen LogP contribution in [0.4, 0.5) is 0 Å². The lowest BCUT2D eigenvalue weighted by molar-refractivity contribution is -0.125. The average Bonchev–Trinajstić information content (AvgIpc) is 3.29. The van der Waals surface area contributed by atoms with Crippen LogP contribution in [0, 0.1) is 5.92 Å². The van der Waals surface area contributed by atoms with E-state index in [-0.39, 0.29) is 17.7 Å². The van der Waals surface area contributed by atoms with Gasteiger partial charge in [-0.2, -0.15) is 5.10 Å². The van der Waals surface area contributed by atoms with E-state index >= 15 is 0 Å². The van der Waals surface area contributed by atoms with Crippen LogP contribution in [-0.2, 0) is 24.3 Å². The molecule has 132 valence electrons. The molecule has 2 atom stereocenters. The molecule has 2 aromatic carbocycles. The fourth-order valence-electron chi connectivity index (χ4n) is 3.80. The first-order chi connectivity index (χ1) is 12.7. The molecular weight excluding hydrogens is 324 g/mol. The number of nitrogens with zero attached hydrogens (tertiary/aromatic N) is 3. The Labute approximate surface area is 153 Å². The molecule has 5 heteroatoms.